The van der Waals surface area contributed by atoms with Gasteiger partial charge in [0.2, 0.25) is 0 Å². The highest BCUT2D eigenvalue weighted by molar-refractivity contribution is 5.81. The standard InChI is InChI=1S/C14H16O2.3C10H20.C4H6O2/c1-16-13(15)7-5-9-4-6-12-10-2-3-11(8-10)14(9)12;3*1-2-4-6-8-10-9-7-5-3-1;1-3-4(5)6-2/h2-7,9-12,14H,8H2,1H3;3*1-10H2;3H,1H2,2H3. The molecule has 4 heteroatoms. The van der Waals surface area contributed by atoms with Crippen molar-refractivity contribution < 1.29 is 19.1 Å². The molecule has 0 aliphatic heterocycles. The fraction of sp³-hybridized carbons (Fsp3) is 0.792. The summed E-state index contributed by atoms with van der Waals surface area (Å²) in [5.74, 6) is 2.65. The van der Waals surface area contributed by atoms with Gasteiger partial charge < -0.3 is 9.47 Å². The Hall–Kier alpha value is -2.10. The van der Waals surface area contributed by atoms with Crippen LogP contribution in [0, 0.1) is 29.6 Å². The Kier molecular flexibility index (Phi) is 28.6. The zero-order chi connectivity index (χ0) is 37.3. The molecule has 4 nitrogen and oxygen atoms in total. The minimum Gasteiger partial charge on any atom is -0.466 e. The second-order valence-electron chi connectivity index (χ2n) is 16.3. The Morgan fingerprint density at radius 3 is 1.04 bits per heavy atom. The number of rotatable bonds is 3. The van der Waals surface area contributed by atoms with E-state index >= 15 is 0 Å². The van der Waals surface area contributed by atoms with Gasteiger partial charge in [-0.1, -0.05) is 230 Å². The zero-order valence-corrected chi connectivity index (χ0v) is 34.2. The lowest BCUT2D eigenvalue weighted by Crippen LogP contribution is -2.19. The van der Waals surface area contributed by atoms with Crippen molar-refractivity contribution in [2.45, 2.75) is 199 Å². The third-order valence-corrected chi connectivity index (χ3v) is 12.1. The van der Waals surface area contributed by atoms with E-state index in [1.165, 1.54) is 213 Å². The van der Waals surface area contributed by atoms with Gasteiger partial charge in [0.25, 0.3) is 0 Å². The summed E-state index contributed by atoms with van der Waals surface area (Å²) in [7, 11) is 2.73. The second-order valence-corrected chi connectivity index (χ2v) is 16.3. The van der Waals surface area contributed by atoms with E-state index in [-0.39, 0.29) is 5.97 Å². The smallest absolute Gasteiger partial charge is 0.330 e. The van der Waals surface area contributed by atoms with Gasteiger partial charge in [-0.05, 0) is 36.0 Å². The van der Waals surface area contributed by atoms with Crippen molar-refractivity contribution in [1.29, 1.82) is 0 Å². The molecule has 0 radical (unpaired) electrons. The fourth-order valence-electron chi connectivity index (χ4n) is 8.93. The van der Waals surface area contributed by atoms with Gasteiger partial charge in [0.1, 0.15) is 0 Å². The molecule has 5 atom stereocenters. The summed E-state index contributed by atoms with van der Waals surface area (Å²) >= 11 is 0. The second kappa shape index (κ2) is 32.3. The Morgan fingerprint density at radius 2 is 0.769 bits per heavy atom. The van der Waals surface area contributed by atoms with Crippen molar-refractivity contribution in [2.24, 2.45) is 29.6 Å². The quantitative estimate of drug-likeness (QED) is 0.165. The number of methoxy groups -OCH3 is 2. The average Bonchev–Trinajstić information content (AvgIpc) is 3.94. The molecule has 298 valence electrons. The SMILES string of the molecule is C1CCCCCCCCC1.C1CCCCCCCCC1.C1CCCCCCCCC1.C=CC(=O)OC.COC(=O)C=CC1C=CC2C3C=CC(C3)C12. The molecule has 4 fully saturated rings. The van der Waals surface area contributed by atoms with Gasteiger partial charge in [-0.2, -0.15) is 0 Å². The highest BCUT2D eigenvalue weighted by Gasteiger charge is 2.47. The number of allylic oxidation sites excluding steroid dienone is 5. The summed E-state index contributed by atoms with van der Waals surface area (Å²) in [6, 6.07) is 0. The molecule has 6 aliphatic rings. The molecule has 5 unspecified atom stereocenters. The lowest BCUT2D eigenvalue weighted by Gasteiger charge is -2.24. The molecule has 0 aromatic rings. The lowest BCUT2D eigenvalue weighted by atomic mass is 9.80. The van der Waals surface area contributed by atoms with Crippen LogP contribution in [0.25, 0.3) is 0 Å². The first-order valence-corrected chi connectivity index (χ1v) is 22.4. The van der Waals surface area contributed by atoms with Crippen molar-refractivity contribution in [3.8, 4) is 0 Å². The van der Waals surface area contributed by atoms with Gasteiger partial charge >= 0.3 is 11.9 Å². The fourth-order valence-corrected chi connectivity index (χ4v) is 8.93. The highest BCUT2D eigenvalue weighted by Crippen LogP contribution is 2.55. The Morgan fingerprint density at radius 1 is 0.462 bits per heavy atom. The molecule has 0 aromatic carbocycles. The summed E-state index contributed by atoms with van der Waals surface area (Å²) < 4.78 is 8.76. The van der Waals surface area contributed by atoms with E-state index < -0.39 is 5.97 Å². The maximum atomic E-state index is 11.1. The van der Waals surface area contributed by atoms with E-state index in [0.717, 1.165) is 17.9 Å². The molecule has 52 heavy (non-hydrogen) atoms. The van der Waals surface area contributed by atoms with Crippen LogP contribution in [0.15, 0.2) is 49.1 Å². The monoisotopic (exact) mass is 723 g/mol. The van der Waals surface area contributed by atoms with Crippen molar-refractivity contribution in [3.63, 3.8) is 0 Å². The molecule has 0 aromatic heterocycles. The molecular formula is C48H82O4. The Balaban J connectivity index is 0.000000234. The summed E-state index contributed by atoms with van der Waals surface area (Å²) in [4.78, 5) is 20.9. The molecule has 6 rings (SSSR count). The minimum absolute atomic E-state index is 0.254. The normalized spacial score (nSPS) is 27.9. The summed E-state index contributed by atoms with van der Waals surface area (Å²) in [6.45, 7) is 3.16. The van der Waals surface area contributed by atoms with Gasteiger partial charge in [0.05, 0.1) is 14.2 Å². The predicted molar refractivity (Wildman–Crippen MR) is 222 cm³/mol. The van der Waals surface area contributed by atoms with Crippen LogP contribution in [-0.4, -0.2) is 26.2 Å². The number of ether oxygens (including phenoxy) is 2. The van der Waals surface area contributed by atoms with Crippen molar-refractivity contribution in [3.05, 3.63) is 49.1 Å². The van der Waals surface area contributed by atoms with Crippen LogP contribution in [0.3, 0.4) is 0 Å². The van der Waals surface area contributed by atoms with E-state index in [1.807, 2.05) is 6.08 Å². The average molecular weight is 723 g/mol. The first kappa shape index (κ1) is 46.1. The number of hydrogen-bond acceptors (Lipinski definition) is 4. The maximum absolute atomic E-state index is 11.1. The van der Waals surface area contributed by atoms with E-state index in [2.05, 4.69) is 40.4 Å². The van der Waals surface area contributed by atoms with Crippen molar-refractivity contribution in [2.75, 3.05) is 14.2 Å². The minimum atomic E-state index is -0.394. The van der Waals surface area contributed by atoms with Crippen LogP contribution >= 0.6 is 0 Å². The molecule has 0 heterocycles. The molecule has 4 saturated carbocycles. The van der Waals surface area contributed by atoms with Crippen molar-refractivity contribution >= 4 is 11.9 Å². The first-order chi connectivity index (χ1) is 25.6. The Labute approximate surface area is 322 Å². The van der Waals surface area contributed by atoms with Gasteiger partial charge in [-0.15, -0.1) is 0 Å². The lowest BCUT2D eigenvalue weighted by molar-refractivity contribution is -0.135. The van der Waals surface area contributed by atoms with Crippen LogP contribution in [0.1, 0.15) is 199 Å². The largest absolute Gasteiger partial charge is 0.466 e. The van der Waals surface area contributed by atoms with Crippen LogP contribution < -0.4 is 0 Å². The van der Waals surface area contributed by atoms with Crippen LogP contribution in [-0.2, 0) is 19.1 Å². The Bertz CT molecular complexity index is 832. The first-order valence-electron chi connectivity index (χ1n) is 22.4. The van der Waals surface area contributed by atoms with Crippen LogP contribution in [0.5, 0.6) is 0 Å². The number of fused-ring (bicyclic) bond motifs is 5. The summed E-state index contributed by atoms with van der Waals surface area (Å²) in [6.07, 6.45) is 60.3. The highest BCUT2D eigenvalue weighted by atomic mass is 16.5. The predicted octanol–water partition coefficient (Wildman–Crippen LogP) is 14.4. The van der Waals surface area contributed by atoms with E-state index in [4.69, 9.17) is 0 Å². The van der Waals surface area contributed by atoms with Gasteiger partial charge in [-0.3, -0.25) is 0 Å². The van der Waals surface area contributed by atoms with Gasteiger partial charge in [-0.25, -0.2) is 9.59 Å². The molecule has 0 N–H and O–H groups in total. The summed E-state index contributed by atoms with van der Waals surface area (Å²) in [5, 5.41) is 0. The third-order valence-electron chi connectivity index (χ3n) is 12.1. The van der Waals surface area contributed by atoms with Crippen LogP contribution in [0.4, 0.5) is 0 Å². The van der Waals surface area contributed by atoms with Gasteiger partial charge in [0, 0.05) is 12.2 Å². The molecule has 6 aliphatic carbocycles. The topological polar surface area (TPSA) is 52.6 Å². The molecule has 0 saturated heterocycles. The number of hydrogen-bond donors (Lipinski definition) is 0. The molecule has 0 amide bonds. The molecule has 2 bridgehead atoms. The van der Waals surface area contributed by atoms with Gasteiger partial charge in [0.15, 0.2) is 0 Å². The number of carbonyl (C=O) groups excluding carboxylic acids is 2. The third kappa shape index (κ3) is 22.2. The molecular weight excluding hydrogens is 641 g/mol. The molecule has 0 spiro atoms. The van der Waals surface area contributed by atoms with E-state index in [0.29, 0.717) is 17.8 Å². The van der Waals surface area contributed by atoms with E-state index in [9.17, 15) is 9.59 Å². The van der Waals surface area contributed by atoms with E-state index in [1.54, 1.807) is 6.08 Å². The number of esters is 2. The number of carbonyl (C=O) groups is 2. The maximum Gasteiger partial charge on any atom is 0.330 e. The van der Waals surface area contributed by atoms with Crippen LogP contribution in [0.2, 0.25) is 0 Å². The summed E-state index contributed by atoms with van der Waals surface area (Å²) in [5.41, 5.74) is 0. The van der Waals surface area contributed by atoms with Crippen molar-refractivity contribution in [1.82, 2.24) is 0 Å². The zero-order valence-electron chi connectivity index (χ0n) is 34.2.